The number of nitrogen functional groups attached to an aromatic ring is 1. The van der Waals surface area contributed by atoms with Crippen molar-refractivity contribution in [3.05, 3.63) is 84.2 Å². The zero-order valence-electron chi connectivity index (χ0n) is 20.0. The second-order valence-electron chi connectivity index (χ2n) is 7.76. The first-order chi connectivity index (χ1) is 17.8. The normalized spacial score (nSPS) is 15.3. The lowest BCUT2D eigenvalue weighted by atomic mass is 10.2. The molecule has 9 nitrogen and oxygen atoms in total. The van der Waals surface area contributed by atoms with Crippen molar-refractivity contribution in [2.24, 2.45) is 0 Å². The SMILES string of the molecule is CCC=C(Nc1ccc(Oc2ccnc(OC)c2N)cc1)NC1NC=C(c2ccc(C(F)(F)F)cn2)O1. The smallest absolute Gasteiger partial charge is 0.417 e. The second-order valence-corrected chi connectivity index (χ2v) is 7.76. The van der Waals surface area contributed by atoms with Gasteiger partial charge in [0.25, 0.3) is 0 Å². The van der Waals surface area contributed by atoms with Gasteiger partial charge in [-0.25, -0.2) is 4.98 Å². The first kappa shape index (κ1) is 25.5. The van der Waals surface area contributed by atoms with Crippen molar-refractivity contribution in [2.75, 3.05) is 18.2 Å². The van der Waals surface area contributed by atoms with Crippen LogP contribution in [0.4, 0.5) is 24.5 Å². The molecule has 1 aromatic carbocycles. The number of allylic oxidation sites excluding steroid dienone is 1. The van der Waals surface area contributed by atoms with Gasteiger partial charge >= 0.3 is 6.18 Å². The zero-order chi connectivity index (χ0) is 26.4. The minimum atomic E-state index is -4.45. The Morgan fingerprint density at radius 3 is 2.59 bits per heavy atom. The molecular weight excluding hydrogens is 489 g/mol. The van der Waals surface area contributed by atoms with Crippen molar-refractivity contribution in [1.29, 1.82) is 0 Å². The largest absolute Gasteiger partial charge is 0.479 e. The fourth-order valence-corrected chi connectivity index (χ4v) is 3.33. The average molecular weight is 515 g/mol. The Morgan fingerprint density at radius 2 is 1.95 bits per heavy atom. The molecule has 0 saturated heterocycles. The van der Waals surface area contributed by atoms with Gasteiger partial charge < -0.3 is 35.9 Å². The Morgan fingerprint density at radius 1 is 1.16 bits per heavy atom. The van der Waals surface area contributed by atoms with Crippen LogP contribution in [-0.4, -0.2) is 23.4 Å². The highest BCUT2D eigenvalue weighted by molar-refractivity contribution is 5.61. The lowest BCUT2D eigenvalue weighted by Gasteiger charge is -2.20. The van der Waals surface area contributed by atoms with E-state index in [0.29, 0.717) is 28.8 Å². The quantitative estimate of drug-likeness (QED) is 0.312. The molecule has 2 aromatic heterocycles. The summed E-state index contributed by atoms with van der Waals surface area (Å²) in [6.45, 7) is 1.98. The van der Waals surface area contributed by atoms with Crippen molar-refractivity contribution in [3.63, 3.8) is 0 Å². The minimum absolute atomic E-state index is 0.279. The first-order valence-electron chi connectivity index (χ1n) is 11.2. The van der Waals surface area contributed by atoms with Crippen LogP contribution in [0.2, 0.25) is 0 Å². The van der Waals surface area contributed by atoms with E-state index < -0.39 is 18.1 Å². The van der Waals surface area contributed by atoms with Gasteiger partial charge in [0.05, 0.1) is 12.7 Å². The molecule has 1 unspecified atom stereocenters. The summed E-state index contributed by atoms with van der Waals surface area (Å²) < 4.78 is 55.1. The number of halogens is 3. The molecule has 4 rings (SSSR count). The van der Waals surface area contributed by atoms with Crippen LogP contribution >= 0.6 is 0 Å². The van der Waals surface area contributed by atoms with Crippen LogP contribution in [0.25, 0.3) is 5.76 Å². The molecule has 0 spiro atoms. The molecule has 1 aliphatic rings. The average Bonchev–Trinajstić information content (AvgIpc) is 3.34. The lowest BCUT2D eigenvalue weighted by Crippen LogP contribution is -2.39. The molecule has 0 amide bonds. The molecule has 3 heterocycles. The Labute approximate surface area is 211 Å². The second kappa shape index (κ2) is 11.0. The van der Waals surface area contributed by atoms with E-state index in [9.17, 15) is 13.2 Å². The summed E-state index contributed by atoms with van der Waals surface area (Å²) in [6, 6.07) is 11.1. The van der Waals surface area contributed by atoms with E-state index in [0.717, 1.165) is 24.4 Å². The van der Waals surface area contributed by atoms with Gasteiger partial charge in [-0.1, -0.05) is 6.92 Å². The maximum Gasteiger partial charge on any atom is 0.417 e. The van der Waals surface area contributed by atoms with E-state index in [-0.39, 0.29) is 11.6 Å². The molecule has 0 radical (unpaired) electrons. The molecule has 3 aromatic rings. The molecule has 0 saturated carbocycles. The number of nitrogens with zero attached hydrogens (tertiary/aromatic N) is 2. The van der Waals surface area contributed by atoms with Crippen LogP contribution in [0.3, 0.4) is 0 Å². The van der Waals surface area contributed by atoms with Crippen LogP contribution in [0, 0.1) is 0 Å². The fourth-order valence-electron chi connectivity index (χ4n) is 3.33. The van der Waals surface area contributed by atoms with Crippen LogP contribution in [-0.2, 0) is 10.9 Å². The van der Waals surface area contributed by atoms with Crippen molar-refractivity contribution in [3.8, 4) is 17.4 Å². The predicted octanol–water partition coefficient (Wildman–Crippen LogP) is 5.03. The summed E-state index contributed by atoms with van der Waals surface area (Å²) in [5, 5.41) is 9.42. The number of rotatable bonds is 9. The van der Waals surface area contributed by atoms with Crippen LogP contribution in [0.5, 0.6) is 17.4 Å². The summed E-state index contributed by atoms with van der Waals surface area (Å²) >= 11 is 0. The van der Waals surface area contributed by atoms with Crippen molar-refractivity contribution < 1.29 is 27.4 Å². The number of methoxy groups -OCH3 is 1. The topological polar surface area (TPSA) is 116 Å². The number of nitrogens with one attached hydrogen (secondary N) is 3. The Kier molecular flexibility index (Phi) is 7.56. The molecular formula is C25H25F3N6O3. The molecule has 0 fully saturated rings. The summed E-state index contributed by atoms with van der Waals surface area (Å²) in [5.74, 6) is 2.25. The van der Waals surface area contributed by atoms with E-state index in [1.165, 1.54) is 13.2 Å². The van der Waals surface area contributed by atoms with Gasteiger partial charge in [-0.2, -0.15) is 13.2 Å². The number of hydrogen-bond acceptors (Lipinski definition) is 9. The number of ether oxygens (including phenoxy) is 3. The highest BCUT2D eigenvalue weighted by Gasteiger charge is 2.31. The number of pyridine rings is 2. The molecule has 0 bridgehead atoms. The fraction of sp³-hybridized carbons (Fsp3) is 0.200. The summed E-state index contributed by atoms with van der Waals surface area (Å²) in [4.78, 5) is 7.88. The van der Waals surface area contributed by atoms with Gasteiger partial charge in [0, 0.05) is 30.3 Å². The lowest BCUT2D eigenvalue weighted by molar-refractivity contribution is -0.137. The standard InChI is InChI=1S/C25H25F3N6O3/c1-3-4-21(34-24-32-14-20(37-24)18-10-5-15(13-31-18)25(26,27)28)33-16-6-8-17(9-7-16)36-19-11-12-30-23(35-2)22(19)29/h4-14,24,32-34H,3,29H2,1-2H3. The number of aromatic nitrogens is 2. The minimum Gasteiger partial charge on any atom is -0.479 e. The highest BCUT2D eigenvalue weighted by atomic mass is 19.4. The van der Waals surface area contributed by atoms with Crippen LogP contribution in [0.15, 0.2) is 73.0 Å². The van der Waals surface area contributed by atoms with Crippen molar-refractivity contribution in [2.45, 2.75) is 25.9 Å². The third-order valence-electron chi connectivity index (χ3n) is 5.12. The van der Waals surface area contributed by atoms with Crippen molar-refractivity contribution in [1.82, 2.24) is 20.6 Å². The number of anilines is 2. The van der Waals surface area contributed by atoms with Gasteiger partial charge in [0.2, 0.25) is 12.2 Å². The maximum absolute atomic E-state index is 12.8. The van der Waals surface area contributed by atoms with E-state index in [4.69, 9.17) is 19.9 Å². The van der Waals surface area contributed by atoms with Gasteiger partial charge in [0.15, 0.2) is 11.5 Å². The molecule has 194 valence electrons. The Balaban J connectivity index is 1.35. The van der Waals surface area contributed by atoms with Gasteiger partial charge in [-0.15, -0.1) is 0 Å². The molecule has 1 aliphatic heterocycles. The third kappa shape index (κ3) is 6.34. The summed E-state index contributed by atoms with van der Waals surface area (Å²) in [6.07, 6.45) is 1.41. The highest BCUT2D eigenvalue weighted by Crippen LogP contribution is 2.33. The van der Waals surface area contributed by atoms with Crippen LogP contribution in [0.1, 0.15) is 24.6 Å². The number of nitrogens with two attached hydrogens (primary N) is 1. The van der Waals surface area contributed by atoms with Crippen LogP contribution < -0.4 is 31.2 Å². The third-order valence-corrected chi connectivity index (χ3v) is 5.12. The van der Waals surface area contributed by atoms with Gasteiger partial charge in [-0.3, -0.25) is 4.98 Å². The van der Waals surface area contributed by atoms with Crippen molar-refractivity contribution >= 4 is 17.1 Å². The molecule has 37 heavy (non-hydrogen) atoms. The zero-order valence-corrected chi connectivity index (χ0v) is 20.0. The summed E-state index contributed by atoms with van der Waals surface area (Å²) in [5.41, 5.74) is 6.54. The van der Waals surface area contributed by atoms with E-state index >= 15 is 0 Å². The van der Waals surface area contributed by atoms with E-state index in [1.54, 1.807) is 30.6 Å². The Bertz CT molecular complexity index is 1280. The van der Waals surface area contributed by atoms with Gasteiger partial charge in [-0.05, 0) is 48.9 Å². The van der Waals surface area contributed by atoms with E-state index in [1.807, 2.05) is 25.1 Å². The monoisotopic (exact) mass is 514 g/mol. The molecule has 5 N–H and O–H groups in total. The number of hydrogen-bond donors (Lipinski definition) is 4. The molecule has 1 atom stereocenters. The first-order valence-corrected chi connectivity index (χ1v) is 11.2. The number of benzene rings is 1. The Hall–Kier alpha value is -4.61. The van der Waals surface area contributed by atoms with E-state index in [2.05, 4.69) is 25.9 Å². The molecule has 0 aliphatic carbocycles. The molecule has 12 heteroatoms. The predicted molar refractivity (Wildman–Crippen MR) is 132 cm³/mol. The maximum atomic E-state index is 12.8. The van der Waals surface area contributed by atoms with Gasteiger partial charge in [0.1, 0.15) is 23.0 Å². The number of alkyl halides is 3. The summed E-state index contributed by atoms with van der Waals surface area (Å²) in [7, 11) is 1.48.